The first-order valence-corrected chi connectivity index (χ1v) is 9.14. The van der Waals surface area contributed by atoms with Crippen LogP contribution in [0.3, 0.4) is 0 Å². The van der Waals surface area contributed by atoms with Crippen molar-refractivity contribution in [1.29, 1.82) is 0 Å². The van der Waals surface area contributed by atoms with Crippen LogP contribution in [0.1, 0.15) is 47.0 Å². The average molecular weight is 368 g/mol. The first kappa shape index (κ1) is 19.2. The van der Waals surface area contributed by atoms with Gasteiger partial charge < -0.3 is 14.7 Å². The Labute approximate surface area is 151 Å². The smallest absolute Gasteiger partial charge is 0.341 e. The third kappa shape index (κ3) is 4.50. The van der Waals surface area contributed by atoms with Crippen LogP contribution in [0.15, 0.2) is 0 Å². The zero-order valence-electron chi connectivity index (χ0n) is 14.8. The maximum atomic E-state index is 12.4. The van der Waals surface area contributed by atoms with Crippen molar-refractivity contribution in [3.63, 3.8) is 0 Å². The maximum absolute atomic E-state index is 12.4. The van der Waals surface area contributed by atoms with Crippen LogP contribution in [-0.2, 0) is 22.4 Å². The normalized spacial score (nSPS) is 14.8. The number of fused-ring (bicyclic) bond motifs is 1. The van der Waals surface area contributed by atoms with E-state index >= 15 is 0 Å². The molecule has 0 fully saturated rings. The molecule has 2 amide bonds. The van der Waals surface area contributed by atoms with Crippen molar-refractivity contribution < 1.29 is 24.2 Å². The number of carboxylic acid groups (broad SMARTS) is 1. The minimum atomic E-state index is -0.960. The summed E-state index contributed by atoms with van der Waals surface area (Å²) in [6, 6.07) is -0.435. The average Bonchev–Trinajstić information content (AvgIpc) is 2.75. The van der Waals surface area contributed by atoms with E-state index in [1.54, 1.807) is 6.92 Å². The number of aliphatic carboxylic acids is 1. The molecule has 2 rings (SSSR count). The SMILES string of the molecule is COC(=O)c1c(NC(=O)N(C)CC(C)C(=O)O)sc2c1CCCCC2. The van der Waals surface area contributed by atoms with E-state index in [2.05, 4.69) is 5.32 Å². The van der Waals surface area contributed by atoms with Crippen LogP contribution in [0.5, 0.6) is 0 Å². The highest BCUT2D eigenvalue weighted by Gasteiger charge is 2.27. The van der Waals surface area contributed by atoms with Crippen molar-refractivity contribution in [3.05, 3.63) is 16.0 Å². The van der Waals surface area contributed by atoms with Crippen LogP contribution in [-0.4, -0.2) is 48.7 Å². The van der Waals surface area contributed by atoms with Crippen molar-refractivity contribution in [2.75, 3.05) is 26.0 Å². The molecule has 0 aromatic carbocycles. The van der Waals surface area contributed by atoms with Gasteiger partial charge >= 0.3 is 18.0 Å². The molecule has 7 nitrogen and oxygen atoms in total. The number of nitrogens with one attached hydrogen (secondary N) is 1. The van der Waals surface area contributed by atoms with Gasteiger partial charge in [-0.1, -0.05) is 13.3 Å². The summed E-state index contributed by atoms with van der Waals surface area (Å²) >= 11 is 1.41. The number of hydrogen-bond donors (Lipinski definition) is 2. The minimum Gasteiger partial charge on any atom is -0.481 e. The molecule has 138 valence electrons. The number of ether oxygens (including phenoxy) is 1. The van der Waals surface area contributed by atoms with Crippen LogP contribution in [0.4, 0.5) is 9.80 Å². The zero-order valence-corrected chi connectivity index (χ0v) is 15.6. The summed E-state index contributed by atoms with van der Waals surface area (Å²) in [6.45, 7) is 1.62. The summed E-state index contributed by atoms with van der Waals surface area (Å²) in [5.74, 6) is -2.08. The molecule has 2 N–H and O–H groups in total. The Kier molecular flexibility index (Phi) is 6.41. The van der Waals surface area contributed by atoms with Gasteiger partial charge in [0, 0.05) is 18.5 Å². The Hall–Kier alpha value is -2.09. The van der Waals surface area contributed by atoms with Crippen LogP contribution in [0.2, 0.25) is 0 Å². The van der Waals surface area contributed by atoms with Gasteiger partial charge in [-0.05, 0) is 31.2 Å². The van der Waals surface area contributed by atoms with Gasteiger partial charge in [0.15, 0.2) is 0 Å². The van der Waals surface area contributed by atoms with Gasteiger partial charge in [0.05, 0.1) is 18.6 Å². The molecule has 1 aromatic rings. The van der Waals surface area contributed by atoms with Gasteiger partial charge in [-0.2, -0.15) is 0 Å². The van der Waals surface area contributed by atoms with E-state index < -0.39 is 23.9 Å². The molecule has 25 heavy (non-hydrogen) atoms. The van der Waals surface area contributed by atoms with Crippen molar-refractivity contribution in [2.45, 2.75) is 39.0 Å². The molecule has 0 saturated heterocycles. The topological polar surface area (TPSA) is 95.9 Å². The molecule has 1 unspecified atom stereocenters. The Morgan fingerprint density at radius 3 is 2.60 bits per heavy atom. The third-order valence-electron chi connectivity index (χ3n) is 4.35. The number of hydrogen-bond acceptors (Lipinski definition) is 5. The van der Waals surface area contributed by atoms with E-state index in [4.69, 9.17) is 9.84 Å². The van der Waals surface area contributed by atoms with Crippen LogP contribution < -0.4 is 5.32 Å². The van der Waals surface area contributed by atoms with Crippen molar-refractivity contribution in [2.24, 2.45) is 5.92 Å². The Bertz CT molecular complexity index is 670. The number of carbonyl (C=O) groups excluding carboxylic acids is 2. The summed E-state index contributed by atoms with van der Waals surface area (Å²) in [6.07, 6.45) is 4.90. The van der Waals surface area contributed by atoms with E-state index in [1.807, 2.05) is 0 Å². The number of nitrogens with zero attached hydrogens (tertiary/aromatic N) is 1. The molecule has 1 aliphatic rings. The number of carbonyl (C=O) groups is 3. The first-order valence-electron chi connectivity index (χ1n) is 8.33. The van der Waals surface area contributed by atoms with Crippen LogP contribution >= 0.6 is 11.3 Å². The highest BCUT2D eigenvalue weighted by Crippen LogP contribution is 2.38. The van der Waals surface area contributed by atoms with Crippen molar-refractivity contribution in [3.8, 4) is 0 Å². The van der Waals surface area contributed by atoms with Gasteiger partial charge in [0.25, 0.3) is 0 Å². The van der Waals surface area contributed by atoms with Crippen molar-refractivity contribution >= 4 is 34.3 Å². The molecule has 0 aliphatic heterocycles. The monoisotopic (exact) mass is 368 g/mol. The van der Waals surface area contributed by atoms with E-state index in [0.717, 1.165) is 42.5 Å². The molecule has 0 spiro atoms. The van der Waals surface area contributed by atoms with E-state index in [-0.39, 0.29) is 6.54 Å². The Morgan fingerprint density at radius 1 is 1.28 bits per heavy atom. The molecule has 0 saturated carbocycles. The summed E-state index contributed by atoms with van der Waals surface area (Å²) < 4.78 is 4.91. The van der Waals surface area contributed by atoms with Crippen LogP contribution in [0, 0.1) is 5.92 Å². The fourth-order valence-corrected chi connectivity index (χ4v) is 4.18. The lowest BCUT2D eigenvalue weighted by Gasteiger charge is -2.20. The quantitative estimate of drug-likeness (QED) is 0.615. The van der Waals surface area contributed by atoms with Crippen LogP contribution in [0.25, 0.3) is 0 Å². The molecule has 1 aliphatic carbocycles. The lowest BCUT2D eigenvalue weighted by atomic mass is 10.1. The molecular weight excluding hydrogens is 344 g/mol. The number of carboxylic acids is 1. The van der Waals surface area contributed by atoms with Gasteiger partial charge in [0.1, 0.15) is 5.00 Å². The fraction of sp³-hybridized carbons (Fsp3) is 0.588. The minimum absolute atomic E-state index is 0.0831. The number of rotatable bonds is 5. The molecule has 1 aromatic heterocycles. The number of esters is 1. The van der Waals surface area contributed by atoms with Crippen molar-refractivity contribution in [1.82, 2.24) is 4.90 Å². The first-order chi connectivity index (χ1) is 11.8. The summed E-state index contributed by atoms with van der Waals surface area (Å²) in [5, 5.41) is 12.2. The Morgan fingerprint density at radius 2 is 1.96 bits per heavy atom. The highest BCUT2D eigenvalue weighted by atomic mass is 32.1. The van der Waals surface area contributed by atoms with Gasteiger partial charge in [-0.3, -0.25) is 10.1 Å². The number of thiophene rings is 1. The molecular formula is C17H24N2O5S. The third-order valence-corrected chi connectivity index (χ3v) is 5.55. The summed E-state index contributed by atoms with van der Waals surface area (Å²) in [7, 11) is 2.86. The van der Waals surface area contributed by atoms with Gasteiger partial charge in [-0.25, -0.2) is 9.59 Å². The summed E-state index contributed by atoms with van der Waals surface area (Å²) in [4.78, 5) is 38.0. The number of aryl methyl sites for hydroxylation is 1. The molecule has 1 atom stereocenters. The molecule has 1 heterocycles. The highest BCUT2D eigenvalue weighted by molar-refractivity contribution is 7.17. The molecule has 0 radical (unpaired) electrons. The molecule has 8 heteroatoms. The largest absolute Gasteiger partial charge is 0.481 e. The standard InChI is InChI=1S/C17H24N2O5S/c1-10(15(20)21)9-19(2)17(23)18-14-13(16(22)24-3)11-7-5-4-6-8-12(11)25-14/h10H,4-9H2,1-3H3,(H,18,23)(H,20,21). The number of urea groups is 1. The fourth-order valence-electron chi connectivity index (χ4n) is 2.91. The second-order valence-corrected chi connectivity index (χ2v) is 7.42. The second-order valence-electron chi connectivity index (χ2n) is 6.31. The zero-order chi connectivity index (χ0) is 18.6. The Balaban J connectivity index is 2.22. The molecule has 0 bridgehead atoms. The number of anilines is 1. The van der Waals surface area contributed by atoms with Gasteiger partial charge in [-0.15, -0.1) is 11.3 Å². The lowest BCUT2D eigenvalue weighted by Crippen LogP contribution is -2.36. The number of methoxy groups -OCH3 is 1. The van der Waals surface area contributed by atoms with Gasteiger partial charge in [0.2, 0.25) is 0 Å². The predicted octanol–water partition coefficient (Wildman–Crippen LogP) is 2.99. The van der Waals surface area contributed by atoms with E-state index in [0.29, 0.717) is 10.6 Å². The maximum Gasteiger partial charge on any atom is 0.341 e. The number of amides is 2. The predicted molar refractivity (Wildman–Crippen MR) is 95.4 cm³/mol. The van der Waals surface area contributed by atoms with E-state index in [9.17, 15) is 14.4 Å². The van der Waals surface area contributed by atoms with E-state index in [1.165, 1.54) is 30.4 Å². The second kappa shape index (κ2) is 8.33. The summed E-state index contributed by atoms with van der Waals surface area (Å²) in [5.41, 5.74) is 1.42. The lowest BCUT2D eigenvalue weighted by molar-refractivity contribution is -0.141.